The highest BCUT2D eigenvalue weighted by Gasteiger charge is 2.25. The zero-order valence-electron chi connectivity index (χ0n) is 19.7. The van der Waals surface area contributed by atoms with Crippen molar-refractivity contribution in [2.24, 2.45) is 11.0 Å². The van der Waals surface area contributed by atoms with Gasteiger partial charge in [0.25, 0.3) is 0 Å². The predicted octanol–water partition coefficient (Wildman–Crippen LogP) is 2.77. The van der Waals surface area contributed by atoms with Gasteiger partial charge in [-0.2, -0.15) is 5.10 Å². The van der Waals surface area contributed by atoms with Crippen LogP contribution in [0.3, 0.4) is 0 Å². The van der Waals surface area contributed by atoms with Gasteiger partial charge in [0, 0.05) is 48.3 Å². The van der Waals surface area contributed by atoms with Gasteiger partial charge in [-0.1, -0.05) is 30.1 Å². The quantitative estimate of drug-likeness (QED) is 0.144. The summed E-state index contributed by atoms with van der Waals surface area (Å²) in [6.45, 7) is 6.09. The second-order valence-electron chi connectivity index (χ2n) is 7.73. The second kappa shape index (κ2) is 17.3. The molecule has 0 fully saturated rings. The number of rotatable bonds is 16. The second-order valence-corrected chi connectivity index (χ2v) is 9.31. The van der Waals surface area contributed by atoms with Crippen LogP contribution in [-0.2, 0) is 23.8 Å². The van der Waals surface area contributed by atoms with Crippen molar-refractivity contribution in [3.05, 3.63) is 28.2 Å². The Morgan fingerprint density at radius 1 is 1.06 bits per heavy atom. The third-order valence-corrected chi connectivity index (χ3v) is 6.11. The molecule has 0 bridgehead atoms. The number of benzene rings is 1. The first-order valence-corrected chi connectivity index (χ1v) is 13.2. The van der Waals surface area contributed by atoms with Crippen LogP contribution in [0.15, 0.2) is 23.3 Å². The van der Waals surface area contributed by atoms with E-state index in [2.05, 4.69) is 42.1 Å². The molecule has 10 nitrogen and oxygen atoms in total. The molecule has 35 heavy (non-hydrogen) atoms. The molecule has 1 aliphatic rings. The number of anilines is 1. The Morgan fingerprint density at radius 2 is 1.77 bits per heavy atom. The smallest absolute Gasteiger partial charge is 0.245 e. The first-order valence-electron chi connectivity index (χ1n) is 11.3. The van der Waals surface area contributed by atoms with Crippen LogP contribution in [0.25, 0.3) is 0 Å². The summed E-state index contributed by atoms with van der Waals surface area (Å²) in [5, 5.41) is 12.8. The number of nitrogens with one attached hydrogen (secondary N) is 3. The van der Waals surface area contributed by atoms with Crippen molar-refractivity contribution >= 4 is 69.4 Å². The lowest BCUT2D eigenvalue weighted by Gasteiger charge is -2.14. The molecule has 1 aliphatic heterocycles. The van der Waals surface area contributed by atoms with Crippen molar-refractivity contribution in [2.75, 3.05) is 64.3 Å². The number of hydrogen-bond acceptors (Lipinski definition) is 8. The van der Waals surface area contributed by atoms with E-state index < -0.39 is 0 Å². The number of nitrogens with zero attached hydrogens (tertiary/aromatic N) is 2. The van der Waals surface area contributed by atoms with E-state index in [9.17, 15) is 9.59 Å². The van der Waals surface area contributed by atoms with Crippen molar-refractivity contribution in [1.29, 1.82) is 0 Å². The van der Waals surface area contributed by atoms with E-state index in [-0.39, 0.29) is 30.8 Å². The predicted molar refractivity (Wildman–Crippen MR) is 145 cm³/mol. The average molecular weight is 644 g/mol. The Labute approximate surface area is 229 Å². The highest BCUT2D eigenvalue weighted by atomic mass is 127. The van der Waals surface area contributed by atoms with Gasteiger partial charge in [-0.05, 0) is 24.6 Å². The van der Waals surface area contributed by atoms with Crippen LogP contribution >= 0.6 is 46.1 Å². The largest absolute Gasteiger partial charge is 0.378 e. The van der Waals surface area contributed by atoms with Crippen molar-refractivity contribution in [1.82, 2.24) is 14.2 Å². The molecule has 13 heteroatoms. The Hall–Kier alpha value is -1.22. The number of halogens is 3. The molecule has 1 heterocycles. The number of hydrazone groups is 1. The fourth-order valence-electron chi connectivity index (χ4n) is 3.02. The molecule has 2 rings (SSSR count). The molecule has 1 aromatic rings. The normalized spacial score (nSPS) is 15.3. The zero-order valence-corrected chi connectivity index (χ0v) is 23.3. The van der Waals surface area contributed by atoms with Crippen molar-refractivity contribution in [3.63, 3.8) is 0 Å². The molecular weight excluding hydrogens is 612 g/mol. The molecule has 1 aromatic carbocycles. The summed E-state index contributed by atoms with van der Waals surface area (Å²) >= 11 is 14.1. The molecule has 0 saturated carbocycles. The standard InChI is InChI=1S/C22H32Cl2IN5O5/c1-16-14-30(17-4-5-18(23)19(24)13-17)29-22(16)28-20(31)3-2-6-26-21(32)15-35-12-11-34-10-9-33-8-7-27-25/h4-5,13,16,27H,2-3,6-12,14-15H2,1H3,(H,26,32)(H,28,29,31). The van der Waals surface area contributed by atoms with E-state index in [1.807, 2.05) is 13.0 Å². The van der Waals surface area contributed by atoms with Gasteiger partial charge in [-0.15, -0.1) is 0 Å². The van der Waals surface area contributed by atoms with E-state index >= 15 is 0 Å². The summed E-state index contributed by atoms with van der Waals surface area (Å²) in [4.78, 5) is 24.1. The molecule has 0 radical (unpaired) electrons. The number of carbonyl (C=O) groups is 2. The molecule has 1 atom stereocenters. The van der Waals surface area contributed by atoms with Crippen molar-refractivity contribution in [2.45, 2.75) is 19.8 Å². The molecule has 3 N–H and O–H groups in total. The lowest BCUT2D eigenvalue weighted by molar-refractivity contribution is -0.126. The van der Waals surface area contributed by atoms with Crippen molar-refractivity contribution in [3.8, 4) is 0 Å². The maximum absolute atomic E-state index is 12.3. The van der Waals surface area contributed by atoms with Gasteiger partial charge >= 0.3 is 0 Å². The number of carbonyl (C=O) groups excluding carboxylic acids is 2. The Bertz CT molecular complexity index is 848. The summed E-state index contributed by atoms with van der Waals surface area (Å²) in [7, 11) is 0. The Kier molecular flexibility index (Phi) is 14.8. The molecule has 0 spiro atoms. The monoisotopic (exact) mass is 643 g/mol. The van der Waals surface area contributed by atoms with E-state index in [1.165, 1.54) is 0 Å². The maximum atomic E-state index is 12.3. The number of hydrogen-bond donors (Lipinski definition) is 3. The average Bonchev–Trinajstić information content (AvgIpc) is 3.19. The first-order chi connectivity index (χ1) is 16.9. The first kappa shape index (κ1) is 30.0. The van der Waals surface area contributed by atoms with Gasteiger partial charge in [0.05, 0.1) is 55.3 Å². The zero-order chi connectivity index (χ0) is 25.5. The number of ether oxygens (including phenoxy) is 3. The highest BCUT2D eigenvalue weighted by Crippen LogP contribution is 2.29. The van der Waals surface area contributed by atoms with Gasteiger partial charge in [0.1, 0.15) is 12.4 Å². The minimum atomic E-state index is -0.230. The molecule has 0 saturated heterocycles. The van der Waals surface area contributed by atoms with Crippen LogP contribution in [0.5, 0.6) is 0 Å². The van der Waals surface area contributed by atoms with Gasteiger partial charge in [0.2, 0.25) is 11.8 Å². The Balaban J connectivity index is 1.53. The van der Waals surface area contributed by atoms with Gasteiger partial charge in [0.15, 0.2) is 0 Å². The third kappa shape index (κ3) is 12.0. The molecule has 1 unspecified atom stereocenters. The Morgan fingerprint density at radius 3 is 2.49 bits per heavy atom. The highest BCUT2D eigenvalue weighted by molar-refractivity contribution is 14.1. The van der Waals surface area contributed by atoms with Crippen LogP contribution in [0.1, 0.15) is 19.8 Å². The lowest BCUT2D eigenvalue weighted by Crippen LogP contribution is -2.34. The van der Waals surface area contributed by atoms with Gasteiger partial charge in [-0.25, -0.2) is 0 Å². The lowest BCUT2D eigenvalue weighted by atomic mass is 10.1. The fourth-order valence-corrected chi connectivity index (χ4v) is 3.53. The van der Waals surface area contributed by atoms with E-state index in [0.717, 1.165) is 12.2 Å². The summed E-state index contributed by atoms with van der Waals surface area (Å²) < 4.78 is 18.9. The van der Waals surface area contributed by atoms with Gasteiger partial charge in [-0.3, -0.25) is 18.1 Å². The topological polar surface area (TPSA) is 114 Å². The summed E-state index contributed by atoms with van der Waals surface area (Å²) in [6.07, 6.45) is 0.773. The maximum Gasteiger partial charge on any atom is 0.245 e. The molecule has 196 valence electrons. The van der Waals surface area contributed by atoms with E-state index in [0.29, 0.717) is 68.4 Å². The van der Waals surface area contributed by atoms with E-state index in [1.54, 1.807) is 17.1 Å². The number of amidine groups is 1. The summed E-state index contributed by atoms with van der Waals surface area (Å²) in [5.74, 6) is 0.277. The summed E-state index contributed by atoms with van der Waals surface area (Å²) in [5.41, 5.74) is 0.806. The SMILES string of the molecule is CC1CN(c2ccc(Cl)c(Cl)c2)N=C1NC(=O)CCCNC(=O)COCCOCCOCCNI. The summed E-state index contributed by atoms with van der Waals surface area (Å²) in [6, 6.07) is 5.29. The van der Waals surface area contributed by atoms with E-state index in [4.69, 9.17) is 37.4 Å². The minimum Gasteiger partial charge on any atom is -0.378 e. The van der Waals surface area contributed by atoms with Gasteiger partial charge < -0.3 is 24.8 Å². The van der Waals surface area contributed by atoms with Crippen LogP contribution in [-0.4, -0.2) is 76.9 Å². The third-order valence-electron chi connectivity index (χ3n) is 4.83. The molecular formula is C22H32Cl2IN5O5. The van der Waals surface area contributed by atoms with Crippen LogP contribution in [0, 0.1) is 5.92 Å². The number of amides is 2. The molecule has 0 aliphatic carbocycles. The van der Waals surface area contributed by atoms with Crippen LogP contribution < -0.4 is 19.2 Å². The van der Waals surface area contributed by atoms with Crippen LogP contribution in [0.2, 0.25) is 10.0 Å². The molecule has 0 aromatic heterocycles. The fraction of sp³-hybridized carbons (Fsp3) is 0.591. The van der Waals surface area contributed by atoms with Crippen LogP contribution in [0.4, 0.5) is 5.69 Å². The minimum absolute atomic E-state index is 0.0493. The van der Waals surface area contributed by atoms with Crippen molar-refractivity contribution < 1.29 is 23.8 Å². The molecule has 2 amide bonds.